The molecule has 0 N–H and O–H groups in total. The minimum Gasteiger partial charge on any atom is -0.245 e. The molecule has 0 spiro atoms. The number of halogens is 1. The maximum Gasteiger partial charge on any atom is 0.0883 e. The first-order valence-corrected chi connectivity index (χ1v) is 8.08. The lowest BCUT2D eigenvalue weighted by molar-refractivity contribution is 0.927. The topological polar surface area (TPSA) is 17.8 Å². The molecule has 0 saturated carbocycles. The highest BCUT2D eigenvalue weighted by Crippen LogP contribution is 2.28. The molecule has 0 amide bonds. The van der Waals surface area contributed by atoms with Gasteiger partial charge in [0.15, 0.2) is 0 Å². The summed E-state index contributed by atoms with van der Waals surface area (Å²) < 4.78 is 2.00. The van der Waals surface area contributed by atoms with Crippen molar-refractivity contribution < 1.29 is 0 Å². The Bertz CT molecular complexity index is 306. The normalized spacial score (nSPS) is 17.6. The third-order valence-electron chi connectivity index (χ3n) is 2.05. The molecule has 0 radical (unpaired) electrons. The van der Waals surface area contributed by atoms with Crippen molar-refractivity contribution in [1.82, 2.24) is 9.55 Å². The van der Waals surface area contributed by atoms with Gasteiger partial charge in [-0.3, -0.25) is 0 Å². The second-order valence-corrected chi connectivity index (χ2v) is 4.93. The Labute approximate surface area is 86.7 Å². The van der Waals surface area contributed by atoms with Gasteiger partial charge in [-0.25, -0.2) is 4.45 Å². The van der Waals surface area contributed by atoms with Crippen LogP contribution < -0.4 is 0 Å². The van der Waals surface area contributed by atoms with Gasteiger partial charge in [-0.1, -0.05) is 6.08 Å². The average Bonchev–Trinajstić information content (AvgIpc) is 2.75. The molecule has 1 aromatic rings. The first kappa shape index (κ1) is 8.70. The summed E-state index contributed by atoms with van der Waals surface area (Å²) in [5.41, 5.74) is 2.61. The number of allylic oxidation sites excluding steroid dienone is 2. The van der Waals surface area contributed by atoms with Gasteiger partial charge in [0, 0.05) is 6.20 Å². The summed E-state index contributed by atoms with van der Waals surface area (Å²) in [6.45, 7) is 0. The van der Waals surface area contributed by atoms with Gasteiger partial charge in [-0.15, -0.1) is 0 Å². The highest BCUT2D eigenvalue weighted by Gasteiger charge is 2.09. The van der Waals surface area contributed by atoms with Crippen molar-refractivity contribution in [2.24, 2.45) is 0 Å². The Hall–Kier alpha value is 0.110. The van der Waals surface area contributed by atoms with Crippen LogP contribution in [-0.2, 0) is 0 Å². The van der Waals surface area contributed by atoms with E-state index in [1.54, 1.807) is 0 Å². The van der Waals surface area contributed by atoms with Crippen molar-refractivity contribution in [3.63, 3.8) is 0 Å². The molecule has 1 aliphatic carbocycles. The van der Waals surface area contributed by atoms with E-state index in [-0.39, 0.29) is 0 Å². The molecule has 0 fully saturated rings. The molecule has 2 rings (SSSR count). The van der Waals surface area contributed by atoms with E-state index in [0.717, 1.165) is 0 Å². The second kappa shape index (κ2) is 3.88. The van der Waals surface area contributed by atoms with Crippen molar-refractivity contribution in [2.45, 2.75) is 19.3 Å². The lowest BCUT2D eigenvalue weighted by Crippen LogP contribution is -1.84. The lowest BCUT2D eigenvalue weighted by atomic mass is 10.2. The number of hydrogen-bond acceptors (Lipinski definition) is 1. The summed E-state index contributed by atoms with van der Waals surface area (Å²) in [5.74, 6) is 0. The Morgan fingerprint density at radius 2 is 2.50 bits per heavy atom. The molecule has 0 bridgehead atoms. The molecule has 1 aromatic heterocycles. The van der Waals surface area contributed by atoms with Crippen LogP contribution >= 0.6 is 28.4 Å². The molecule has 12 heavy (non-hydrogen) atoms. The highest BCUT2D eigenvalue weighted by atomic mass is 127. The molecule has 0 saturated heterocycles. The molecular formula is C8H10IN2P. The van der Waals surface area contributed by atoms with E-state index in [2.05, 4.69) is 45.5 Å². The molecule has 1 atom stereocenters. The molecule has 1 aliphatic rings. The zero-order chi connectivity index (χ0) is 8.39. The van der Waals surface area contributed by atoms with Crippen molar-refractivity contribution in [1.29, 1.82) is 0 Å². The van der Waals surface area contributed by atoms with E-state index in [0.29, 0.717) is 6.37 Å². The van der Waals surface area contributed by atoms with Crippen LogP contribution in [0.4, 0.5) is 0 Å². The first-order chi connectivity index (χ1) is 5.90. The summed E-state index contributed by atoms with van der Waals surface area (Å²) in [4.78, 5) is 0. The molecule has 0 aliphatic heterocycles. The maximum atomic E-state index is 4.46. The van der Waals surface area contributed by atoms with Crippen LogP contribution in [-0.4, -0.2) is 9.55 Å². The van der Waals surface area contributed by atoms with Crippen molar-refractivity contribution in [3.8, 4) is 0 Å². The number of hydrogen-bond donors (Lipinski definition) is 0. The van der Waals surface area contributed by atoms with Crippen LogP contribution in [0.15, 0.2) is 18.3 Å². The summed E-state index contributed by atoms with van der Waals surface area (Å²) in [5, 5.41) is 4.46. The summed E-state index contributed by atoms with van der Waals surface area (Å²) in [7, 11) is 0. The van der Waals surface area contributed by atoms with Crippen LogP contribution in [0.2, 0.25) is 0 Å². The largest absolute Gasteiger partial charge is 0.245 e. The monoisotopic (exact) mass is 292 g/mol. The fourth-order valence-electron chi connectivity index (χ4n) is 1.45. The summed E-state index contributed by atoms with van der Waals surface area (Å²) >= 11 is 2.34. The Morgan fingerprint density at radius 1 is 1.58 bits per heavy atom. The van der Waals surface area contributed by atoms with Gasteiger partial charge in [-0.2, -0.15) is 5.10 Å². The van der Waals surface area contributed by atoms with Gasteiger partial charge in [0.1, 0.15) is 0 Å². The maximum absolute atomic E-state index is 4.46. The predicted molar refractivity (Wildman–Crippen MR) is 61.8 cm³/mol. The zero-order valence-electron chi connectivity index (χ0n) is 6.63. The van der Waals surface area contributed by atoms with Gasteiger partial charge in [-0.05, 0) is 52.9 Å². The number of rotatable bonds is 2. The quantitative estimate of drug-likeness (QED) is 0.604. The Kier molecular flexibility index (Phi) is 2.81. The van der Waals surface area contributed by atoms with E-state index < -0.39 is 0 Å². The zero-order valence-corrected chi connectivity index (χ0v) is 9.78. The van der Waals surface area contributed by atoms with E-state index in [1.165, 1.54) is 30.5 Å². The van der Waals surface area contributed by atoms with Crippen LogP contribution in [0, 0.1) is 0 Å². The van der Waals surface area contributed by atoms with Crippen LogP contribution in [0.3, 0.4) is 0 Å². The van der Waals surface area contributed by atoms with Crippen molar-refractivity contribution in [3.05, 3.63) is 24.0 Å². The molecule has 1 unspecified atom stereocenters. The molecule has 2 nitrogen and oxygen atoms in total. The van der Waals surface area contributed by atoms with E-state index >= 15 is 0 Å². The fraction of sp³-hybridized carbons (Fsp3) is 0.375. The van der Waals surface area contributed by atoms with Crippen LogP contribution in [0.5, 0.6) is 0 Å². The summed E-state index contributed by atoms with van der Waals surface area (Å²) in [6.07, 6.45) is 8.82. The van der Waals surface area contributed by atoms with Crippen LogP contribution in [0.25, 0.3) is 5.57 Å². The van der Waals surface area contributed by atoms with Crippen molar-refractivity contribution >= 4 is 34.0 Å². The Morgan fingerprint density at radius 3 is 3.08 bits per heavy atom. The molecule has 0 aromatic carbocycles. The molecule has 64 valence electrons. The predicted octanol–water partition coefficient (Wildman–Crippen LogP) is 3.24. The van der Waals surface area contributed by atoms with Gasteiger partial charge in [0.2, 0.25) is 0 Å². The SMILES string of the molecule is IPn1ccc(C2=CCCC2)n1. The van der Waals surface area contributed by atoms with E-state index in [1.807, 2.05) is 4.45 Å². The third-order valence-corrected chi connectivity index (χ3v) is 3.95. The van der Waals surface area contributed by atoms with Crippen molar-refractivity contribution in [2.75, 3.05) is 0 Å². The van der Waals surface area contributed by atoms with Gasteiger partial charge < -0.3 is 0 Å². The standard InChI is InChI=1S/C8H10IN2P/c9-12-11-6-5-8(10-11)7-3-1-2-4-7/h3,5-6,12H,1-2,4H2. The van der Waals surface area contributed by atoms with E-state index in [4.69, 9.17) is 0 Å². The molecule has 4 heteroatoms. The number of aromatic nitrogens is 2. The minimum absolute atomic E-state index is 0.715. The molecular weight excluding hydrogens is 282 g/mol. The average molecular weight is 292 g/mol. The highest BCUT2D eigenvalue weighted by molar-refractivity contribution is 14.2. The molecule has 1 heterocycles. The smallest absolute Gasteiger partial charge is 0.0883 e. The van der Waals surface area contributed by atoms with Gasteiger partial charge in [0.05, 0.1) is 12.1 Å². The van der Waals surface area contributed by atoms with Gasteiger partial charge >= 0.3 is 0 Å². The third kappa shape index (κ3) is 1.72. The second-order valence-electron chi connectivity index (χ2n) is 2.85. The van der Waals surface area contributed by atoms with E-state index in [9.17, 15) is 0 Å². The number of nitrogens with zero attached hydrogens (tertiary/aromatic N) is 2. The lowest BCUT2D eigenvalue weighted by Gasteiger charge is -1.94. The first-order valence-electron chi connectivity index (χ1n) is 4.02. The summed E-state index contributed by atoms with van der Waals surface area (Å²) in [6, 6.07) is 2.11. The fourth-order valence-corrected chi connectivity index (χ4v) is 2.53. The minimum atomic E-state index is 0.715. The van der Waals surface area contributed by atoms with Crippen LogP contribution in [0.1, 0.15) is 25.0 Å². The van der Waals surface area contributed by atoms with Gasteiger partial charge in [0.25, 0.3) is 0 Å². The Balaban J connectivity index is 2.22.